The maximum absolute atomic E-state index is 6.21. The zero-order valence-electron chi connectivity index (χ0n) is 16.2. The smallest absolute Gasteiger partial charge is 0.214 e. The molecule has 3 aromatic rings. The summed E-state index contributed by atoms with van der Waals surface area (Å²) in [5, 5.41) is 8.23. The number of benzene rings is 2. The van der Waals surface area contributed by atoms with Crippen molar-refractivity contribution in [1.82, 2.24) is 14.9 Å². The molecule has 1 heterocycles. The summed E-state index contributed by atoms with van der Waals surface area (Å²) >= 11 is 17.4. The van der Waals surface area contributed by atoms with Crippen molar-refractivity contribution in [2.75, 3.05) is 12.5 Å². The fraction of sp³-hybridized carbons (Fsp3) is 0.300. The zero-order valence-corrected chi connectivity index (χ0v) is 18.5. The van der Waals surface area contributed by atoms with Gasteiger partial charge in [-0.25, -0.2) is 4.68 Å². The van der Waals surface area contributed by atoms with E-state index in [1.807, 2.05) is 24.3 Å². The second kappa shape index (κ2) is 10.0. The van der Waals surface area contributed by atoms with Crippen LogP contribution in [0.4, 0.5) is 0 Å². The van der Waals surface area contributed by atoms with E-state index in [1.165, 1.54) is 0 Å². The first kappa shape index (κ1) is 21.5. The van der Waals surface area contributed by atoms with Crippen LogP contribution >= 0.6 is 35.4 Å². The van der Waals surface area contributed by atoms with Gasteiger partial charge in [0.05, 0.1) is 13.7 Å². The van der Waals surface area contributed by atoms with Crippen molar-refractivity contribution in [3.8, 4) is 11.5 Å². The lowest BCUT2D eigenvalue weighted by Crippen LogP contribution is -2.17. The Balaban J connectivity index is 1.68. The van der Waals surface area contributed by atoms with Gasteiger partial charge in [-0.2, -0.15) is 5.10 Å². The third kappa shape index (κ3) is 5.44. The van der Waals surface area contributed by atoms with Gasteiger partial charge in [0, 0.05) is 22.0 Å². The van der Waals surface area contributed by atoms with E-state index in [4.69, 9.17) is 44.9 Å². The van der Waals surface area contributed by atoms with Crippen molar-refractivity contribution in [3.63, 3.8) is 0 Å². The Hall–Kier alpha value is -2.22. The van der Waals surface area contributed by atoms with Crippen LogP contribution < -0.4 is 14.9 Å². The summed E-state index contributed by atoms with van der Waals surface area (Å²) in [6, 6.07) is 11.1. The number of hydrogen-bond acceptors (Lipinski definition) is 5. The lowest BCUT2D eigenvalue weighted by atomic mass is 10.2. The highest BCUT2D eigenvalue weighted by Gasteiger charge is 2.10. The van der Waals surface area contributed by atoms with Crippen molar-refractivity contribution >= 4 is 35.4 Å². The molecule has 154 valence electrons. The first-order valence-corrected chi connectivity index (χ1v) is 10.3. The minimum Gasteiger partial charge on any atom is -0.493 e. The lowest BCUT2D eigenvalue weighted by Gasteiger charge is -2.14. The number of aryl methyl sites for hydroxylation is 1. The van der Waals surface area contributed by atoms with Crippen LogP contribution in [0.3, 0.4) is 0 Å². The molecule has 3 rings (SSSR count). The van der Waals surface area contributed by atoms with Crippen LogP contribution in [-0.4, -0.2) is 22.0 Å². The summed E-state index contributed by atoms with van der Waals surface area (Å²) in [6.45, 7) is 2.97. The Kier molecular flexibility index (Phi) is 7.41. The van der Waals surface area contributed by atoms with Gasteiger partial charge in [-0.15, -0.1) is 0 Å². The zero-order chi connectivity index (χ0) is 20.8. The van der Waals surface area contributed by atoms with Crippen LogP contribution in [0.25, 0.3) is 0 Å². The highest BCUT2D eigenvalue weighted by Crippen LogP contribution is 2.30. The van der Waals surface area contributed by atoms with Crippen LogP contribution in [0.1, 0.15) is 30.3 Å². The van der Waals surface area contributed by atoms with Crippen LogP contribution in [0, 0.1) is 4.77 Å². The number of ether oxygens (including phenoxy) is 2. The maximum Gasteiger partial charge on any atom is 0.214 e. The van der Waals surface area contributed by atoms with Crippen LogP contribution in [0.5, 0.6) is 11.5 Å². The molecule has 1 aromatic heterocycles. The number of halogens is 2. The van der Waals surface area contributed by atoms with Gasteiger partial charge in [-0.3, -0.25) is 5.10 Å². The lowest BCUT2D eigenvalue weighted by molar-refractivity contribution is 0.284. The van der Waals surface area contributed by atoms with E-state index in [1.54, 1.807) is 23.9 Å². The monoisotopic (exact) mass is 452 g/mol. The van der Waals surface area contributed by atoms with Gasteiger partial charge in [0.2, 0.25) is 4.77 Å². The first-order chi connectivity index (χ1) is 14.0. The number of aromatic amines is 1. The average molecular weight is 453 g/mol. The fourth-order valence-corrected chi connectivity index (χ4v) is 3.47. The number of nitrogens with one attached hydrogen (secondary N) is 2. The molecule has 0 amide bonds. The molecule has 0 saturated heterocycles. The van der Waals surface area contributed by atoms with E-state index in [9.17, 15) is 0 Å². The van der Waals surface area contributed by atoms with E-state index in [0.717, 1.165) is 29.8 Å². The molecule has 0 fully saturated rings. The molecule has 0 aliphatic carbocycles. The summed E-state index contributed by atoms with van der Waals surface area (Å²) in [6.07, 6.45) is 1.82. The Morgan fingerprint density at radius 3 is 2.72 bits per heavy atom. The van der Waals surface area contributed by atoms with Crippen molar-refractivity contribution in [3.05, 3.63) is 68.2 Å². The second-order valence-electron chi connectivity index (χ2n) is 6.37. The largest absolute Gasteiger partial charge is 0.493 e. The molecule has 0 aliphatic rings. The fourth-order valence-electron chi connectivity index (χ4n) is 2.79. The van der Waals surface area contributed by atoms with E-state index < -0.39 is 0 Å². The molecule has 6 nitrogen and oxygen atoms in total. The van der Waals surface area contributed by atoms with Gasteiger partial charge >= 0.3 is 0 Å². The highest BCUT2D eigenvalue weighted by molar-refractivity contribution is 7.71. The van der Waals surface area contributed by atoms with Gasteiger partial charge < -0.3 is 14.9 Å². The standard InChI is InChI=1S/C20H22Cl2N4O2S/c1-3-4-19-24-25-20(29)26(19)23-11-13-5-8-17(18(9-13)27-2)28-12-14-6-7-15(21)10-16(14)22/h5-10,23H,3-4,11-12H2,1-2H3,(H,25,29). The number of nitrogens with zero attached hydrogens (tertiary/aromatic N) is 2. The molecule has 0 unspecified atom stereocenters. The summed E-state index contributed by atoms with van der Waals surface area (Å²) in [5.74, 6) is 2.15. The van der Waals surface area contributed by atoms with Crippen molar-refractivity contribution < 1.29 is 9.47 Å². The van der Waals surface area contributed by atoms with Gasteiger partial charge in [0.25, 0.3) is 0 Å². The number of rotatable bonds is 9. The molecule has 2 N–H and O–H groups in total. The summed E-state index contributed by atoms with van der Waals surface area (Å²) in [4.78, 5) is 0. The highest BCUT2D eigenvalue weighted by atomic mass is 35.5. The summed E-state index contributed by atoms with van der Waals surface area (Å²) in [5.41, 5.74) is 5.16. The molecule has 0 bridgehead atoms. The third-order valence-electron chi connectivity index (χ3n) is 4.28. The first-order valence-electron chi connectivity index (χ1n) is 9.15. The van der Waals surface area contributed by atoms with Gasteiger partial charge in [-0.1, -0.05) is 42.3 Å². The third-order valence-corrected chi connectivity index (χ3v) is 5.14. The normalized spacial score (nSPS) is 10.8. The Labute approximate surface area is 184 Å². The number of aromatic nitrogens is 3. The topological polar surface area (TPSA) is 64.1 Å². The average Bonchev–Trinajstić information content (AvgIpc) is 3.05. The molecule has 0 atom stereocenters. The van der Waals surface area contributed by atoms with E-state index in [-0.39, 0.29) is 0 Å². The van der Waals surface area contributed by atoms with Crippen LogP contribution in [0.15, 0.2) is 36.4 Å². The quantitative estimate of drug-likeness (QED) is 0.417. The van der Waals surface area contributed by atoms with Gasteiger partial charge in [0.15, 0.2) is 17.3 Å². The number of methoxy groups -OCH3 is 1. The van der Waals surface area contributed by atoms with Gasteiger partial charge in [-0.05, 0) is 48.5 Å². The molecule has 2 aromatic carbocycles. The van der Waals surface area contributed by atoms with E-state index in [0.29, 0.717) is 39.5 Å². The predicted molar refractivity (Wildman–Crippen MR) is 118 cm³/mol. The van der Waals surface area contributed by atoms with Crippen LogP contribution in [0.2, 0.25) is 10.0 Å². The number of hydrogen-bond donors (Lipinski definition) is 2. The maximum atomic E-state index is 6.21. The molecular formula is C20H22Cl2N4O2S. The predicted octanol–water partition coefficient (Wildman–Crippen LogP) is 5.53. The van der Waals surface area contributed by atoms with Gasteiger partial charge in [0.1, 0.15) is 6.61 Å². The Bertz CT molecular complexity index is 1040. The summed E-state index contributed by atoms with van der Waals surface area (Å²) in [7, 11) is 1.61. The molecule has 0 aliphatic heterocycles. The molecular weight excluding hydrogens is 431 g/mol. The molecule has 9 heteroatoms. The Morgan fingerprint density at radius 1 is 1.17 bits per heavy atom. The van der Waals surface area contributed by atoms with Crippen molar-refractivity contribution in [2.45, 2.75) is 32.9 Å². The van der Waals surface area contributed by atoms with E-state index >= 15 is 0 Å². The second-order valence-corrected chi connectivity index (χ2v) is 7.61. The Morgan fingerprint density at radius 2 is 2.00 bits per heavy atom. The van der Waals surface area contributed by atoms with E-state index in [2.05, 4.69) is 22.5 Å². The SMILES string of the molecule is CCCc1n[nH]c(=S)n1NCc1ccc(OCc2ccc(Cl)cc2Cl)c(OC)c1. The molecule has 0 saturated carbocycles. The molecule has 0 radical (unpaired) electrons. The summed E-state index contributed by atoms with van der Waals surface area (Å²) < 4.78 is 13.7. The van der Waals surface area contributed by atoms with Crippen LogP contribution in [-0.2, 0) is 19.6 Å². The minimum absolute atomic E-state index is 0.314. The molecule has 29 heavy (non-hydrogen) atoms. The van der Waals surface area contributed by atoms with Crippen molar-refractivity contribution in [1.29, 1.82) is 0 Å². The number of H-pyrrole nitrogens is 1. The van der Waals surface area contributed by atoms with Crippen molar-refractivity contribution in [2.24, 2.45) is 0 Å². The molecule has 0 spiro atoms. The minimum atomic E-state index is 0.314.